The molecule has 0 aliphatic rings. The van der Waals surface area contributed by atoms with Crippen molar-refractivity contribution in [3.63, 3.8) is 0 Å². The Morgan fingerprint density at radius 3 is 2.39 bits per heavy atom. The van der Waals surface area contributed by atoms with Crippen LogP contribution in [0.1, 0.15) is 53.6 Å². The number of ether oxygens (including phenoxy) is 1. The van der Waals surface area contributed by atoms with Crippen LogP contribution in [0, 0.1) is 13.8 Å². The van der Waals surface area contributed by atoms with Gasteiger partial charge in [-0.25, -0.2) is 8.42 Å². The van der Waals surface area contributed by atoms with Crippen molar-refractivity contribution in [2.75, 3.05) is 13.2 Å². The monoisotopic (exact) mass is 408 g/mol. The Balaban J connectivity index is 1.87. The molecule has 1 heterocycles. The van der Waals surface area contributed by atoms with E-state index in [1.807, 2.05) is 12.1 Å². The topological polar surface area (TPSA) is 116 Å². The number of benzene rings is 1. The van der Waals surface area contributed by atoms with Gasteiger partial charge in [0.15, 0.2) is 18.2 Å². The van der Waals surface area contributed by atoms with Crippen LogP contribution >= 0.6 is 0 Å². The van der Waals surface area contributed by atoms with E-state index < -0.39 is 29.1 Å². The summed E-state index contributed by atoms with van der Waals surface area (Å²) < 4.78 is 36.3. The fourth-order valence-electron chi connectivity index (χ4n) is 2.60. The van der Waals surface area contributed by atoms with Gasteiger partial charge in [-0.1, -0.05) is 43.3 Å². The highest BCUT2D eigenvalue weighted by Crippen LogP contribution is 2.19. The van der Waals surface area contributed by atoms with Gasteiger partial charge in [-0.2, -0.15) is 4.72 Å². The second-order valence-electron chi connectivity index (χ2n) is 6.49. The maximum Gasteiger partial charge on any atom is 0.321 e. The maximum atomic E-state index is 12.2. The molecule has 2 rings (SSSR count). The summed E-state index contributed by atoms with van der Waals surface area (Å²) >= 11 is 0. The normalized spacial score (nSPS) is 12.6. The molecule has 8 nitrogen and oxygen atoms in total. The zero-order valence-corrected chi connectivity index (χ0v) is 17.1. The summed E-state index contributed by atoms with van der Waals surface area (Å²) in [6.45, 7) is 6.05. The molecular weight excluding hydrogens is 384 g/mol. The Morgan fingerprint density at radius 2 is 1.86 bits per heavy atom. The lowest BCUT2D eigenvalue weighted by molar-refractivity contribution is -0.141. The first-order chi connectivity index (χ1) is 13.2. The zero-order chi connectivity index (χ0) is 20.9. The number of rotatable bonds is 9. The van der Waals surface area contributed by atoms with Crippen LogP contribution < -0.4 is 4.72 Å². The lowest BCUT2D eigenvalue weighted by atomic mass is 9.97. The average Bonchev–Trinajstić information content (AvgIpc) is 3.03. The number of carbonyl (C=O) groups is 2. The van der Waals surface area contributed by atoms with Gasteiger partial charge < -0.3 is 9.26 Å². The van der Waals surface area contributed by atoms with Crippen molar-refractivity contribution in [3.05, 3.63) is 46.8 Å². The van der Waals surface area contributed by atoms with Gasteiger partial charge in [0.1, 0.15) is 17.1 Å². The van der Waals surface area contributed by atoms with E-state index in [1.54, 1.807) is 12.1 Å². The summed E-state index contributed by atoms with van der Waals surface area (Å²) in [5.74, 6) is -0.709. The number of esters is 1. The van der Waals surface area contributed by atoms with E-state index >= 15 is 0 Å². The second-order valence-corrected chi connectivity index (χ2v) is 8.20. The summed E-state index contributed by atoms with van der Waals surface area (Å²) in [5, 5.41) is 3.57. The van der Waals surface area contributed by atoms with Gasteiger partial charge in [-0.05, 0) is 31.7 Å². The van der Waals surface area contributed by atoms with Crippen LogP contribution in [0.2, 0.25) is 0 Å². The number of nitrogens with zero attached hydrogens (tertiary/aromatic N) is 1. The molecule has 152 valence electrons. The van der Waals surface area contributed by atoms with E-state index in [4.69, 9.17) is 9.26 Å². The number of aryl methyl sites for hydroxylation is 2. The van der Waals surface area contributed by atoms with E-state index in [9.17, 15) is 18.0 Å². The van der Waals surface area contributed by atoms with E-state index in [-0.39, 0.29) is 22.1 Å². The van der Waals surface area contributed by atoms with Crippen molar-refractivity contribution in [1.29, 1.82) is 0 Å². The highest BCUT2D eigenvalue weighted by molar-refractivity contribution is 7.89. The van der Waals surface area contributed by atoms with Crippen molar-refractivity contribution in [2.24, 2.45) is 0 Å². The summed E-state index contributed by atoms with van der Waals surface area (Å²) in [6.07, 6.45) is 0.995. The number of carbonyl (C=O) groups excluding carboxylic acids is 2. The summed E-state index contributed by atoms with van der Waals surface area (Å²) in [4.78, 5) is 23.8. The average molecular weight is 408 g/mol. The van der Waals surface area contributed by atoms with Gasteiger partial charge >= 0.3 is 5.97 Å². The van der Waals surface area contributed by atoms with Crippen molar-refractivity contribution < 1.29 is 27.3 Å². The van der Waals surface area contributed by atoms with Crippen LogP contribution in [0.5, 0.6) is 0 Å². The van der Waals surface area contributed by atoms with E-state index in [2.05, 4.69) is 23.7 Å². The Kier molecular flexibility index (Phi) is 7.09. The fourth-order valence-corrected chi connectivity index (χ4v) is 3.89. The van der Waals surface area contributed by atoms with Crippen molar-refractivity contribution >= 4 is 21.8 Å². The van der Waals surface area contributed by atoms with Crippen LogP contribution in [0.3, 0.4) is 0 Å². The van der Waals surface area contributed by atoms with Crippen LogP contribution in [0.4, 0.5) is 0 Å². The highest BCUT2D eigenvalue weighted by atomic mass is 32.2. The fraction of sp³-hybridized carbons (Fsp3) is 0.421. The lowest BCUT2D eigenvalue weighted by Crippen LogP contribution is -2.32. The number of ketones is 1. The van der Waals surface area contributed by atoms with Crippen LogP contribution in [-0.4, -0.2) is 38.5 Å². The molecule has 0 unspecified atom stereocenters. The van der Waals surface area contributed by atoms with Crippen molar-refractivity contribution in [1.82, 2.24) is 9.88 Å². The number of aromatic nitrogens is 1. The first kappa shape index (κ1) is 21.8. The Hall–Kier alpha value is -2.52. The molecule has 0 fully saturated rings. The minimum Gasteiger partial charge on any atom is -0.456 e. The number of nitrogens with one attached hydrogen (secondary N) is 1. The van der Waals surface area contributed by atoms with Crippen molar-refractivity contribution in [3.8, 4) is 0 Å². The number of hydrogen-bond donors (Lipinski definition) is 1. The standard InChI is InChI=1S/C19H24N2O6S/c1-5-12(2)15-6-8-16(9-7-15)17(22)11-26-18(23)10-20-28(24,25)19-13(3)21-27-14(19)4/h6-9,12,20H,5,10-11H2,1-4H3/t12-/m0/s1. The van der Waals surface area contributed by atoms with Gasteiger partial charge in [-0.3, -0.25) is 9.59 Å². The molecular formula is C19H24N2O6S. The predicted molar refractivity (Wildman–Crippen MR) is 102 cm³/mol. The van der Waals surface area contributed by atoms with Crippen LogP contribution in [0.25, 0.3) is 0 Å². The molecule has 1 aromatic carbocycles. The molecule has 0 saturated heterocycles. The van der Waals surface area contributed by atoms with E-state index in [1.165, 1.54) is 13.8 Å². The molecule has 0 aliphatic carbocycles. The Morgan fingerprint density at radius 1 is 1.21 bits per heavy atom. The third kappa shape index (κ3) is 5.26. The summed E-state index contributed by atoms with van der Waals surface area (Å²) in [5.41, 5.74) is 1.75. The molecule has 9 heteroatoms. The lowest BCUT2D eigenvalue weighted by Gasteiger charge is -2.10. The smallest absolute Gasteiger partial charge is 0.321 e. The second kappa shape index (κ2) is 9.11. The van der Waals surface area contributed by atoms with Gasteiger partial charge in [0, 0.05) is 5.56 Å². The minimum absolute atomic E-state index is 0.113. The molecule has 28 heavy (non-hydrogen) atoms. The number of hydrogen-bond acceptors (Lipinski definition) is 7. The molecule has 1 N–H and O–H groups in total. The molecule has 0 amide bonds. The third-order valence-corrected chi connectivity index (χ3v) is 6.07. The molecule has 0 aliphatic heterocycles. The van der Waals surface area contributed by atoms with Crippen molar-refractivity contribution in [2.45, 2.75) is 44.9 Å². The Bertz CT molecular complexity index is 928. The summed E-state index contributed by atoms with van der Waals surface area (Å²) in [7, 11) is -3.97. The Labute approximate surface area is 164 Å². The van der Waals surface area contributed by atoms with Gasteiger partial charge in [-0.15, -0.1) is 0 Å². The predicted octanol–water partition coefficient (Wildman–Crippen LogP) is 2.51. The minimum atomic E-state index is -3.97. The molecule has 1 atom stereocenters. The molecule has 0 spiro atoms. The zero-order valence-electron chi connectivity index (χ0n) is 16.3. The molecule has 0 saturated carbocycles. The number of sulfonamides is 1. The number of Topliss-reactive ketones (excluding diaryl/α,β-unsaturated/α-hetero) is 1. The first-order valence-electron chi connectivity index (χ1n) is 8.87. The quantitative estimate of drug-likeness (QED) is 0.500. The maximum absolute atomic E-state index is 12.2. The summed E-state index contributed by atoms with van der Waals surface area (Å²) in [6, 6.07) is 7.14. The molecule has 2 aromatic rings. The molecule has 0 bridgehead atoms. The van der Waals surface area contributed by atoms with E-state index in [0.717, 1.165) is 12.0 Å². The first-order valence-corrected chi connectivity index (χ1v) is 10.3. The molecule has 0 radical (unpaired) electrons. The van der Waals surface area contributed by atoms with Crippen LogP contribution in [0.15, 0.2) is 33.7 Å². The van der Waals surface area contributed by atoms with Gasteiger partial charge in [0.05, 0.1) is 0 Å². The SMILES string of the molecule is CC[C@H](C)c1ccc(C(=O)COC(=O)CNS(=O)(=O)c2c(C)noc2C)cc1. The van der Waals surface area contributed by atoms with Gasteiger partial charge in [0.2, 0.25) is 10.0 Å². The van der Waals surface area contributed by atoms with Crippen LogP contribution in [-0.2, 0) is 19.6 Å². The third-order valence-electron chi connectivity index (χ3n) is 4.42. The molecule has 1 aromatic heterocycles. The largest absolute Gasteiger partial charge is 0.456 e. The van der Waals surface area contributed by atoms with E-state index in [0.29, 0.717) is 11.5 Å². The van der Waals surface area contributed by atoms with Gasteiger partial charge in [0.25, 0.3) is 0 Å². The highest BCUT2D eigenvalue weighted by Gasteiger charge is 2.25.